The van der Waals surface area contributed by atoms with Crippen LogP contribution in [0.1, 0.15) is 11.8 Å². The number of aliphatic hydroxyl groups excluding tert-OH is 3. The summed E-state index contributed by atoms with van der Waals surface area (Å²) in [4.78, 5) is 12.7. The summed E-state index contributed by atoms with van der Waals surface area (Å²) in [6.07, 6.45) is -1.51. The maximum Gasteiger partial charge on any atom is 0.167 e. The zero-order chi connectivity index (χ0) is 19.8. The number of nitrogens with one attached hydrogen (secondary N) is 1. The fourth-order valence-corrected chi connectivity index (χ4v) is 3.57. The highest BCUT2D eigenvalue weighted by Gasteiger charge is 2.44. The van der Waals surface area contributed by atoms with Gasteiger partial charge in [-0.3, -0.25) is 4.57 Å². The average molecular weight is 452 g/mol. The third kappa shape index (κ3) is 3.20. The first-order chi connectivity index (χ1) is 13.5. The molecule has 0 amide bonds. The van der Waals surface area contributed by atoms with E-state index in [2.05, 4.69) is 36.2 Å². The van der Waals surface area contributed by atoms with Crippen LogP contribution in [0.15, 0.2) is 35.3 Å². The Morgan fingerprint density at radius 1 is 1.18 bits per heavy atom. The molecule has 0 bridgehead atoms. The average Bonchev–Trinajstić information content (AvgIpc) is 3.25. The van der Waals surface area contributed by atoms with Gasteiger partial charge in [-0.1, -0.05) is 12.1 Å². The van der Waals surface area contributed by atoms with Crippen LogP contribution in [0.4, 0.5) is 5.82 Å². The van der Waals surface area contributed by atoms with Crippen molar-refractivity contribution in [3.8, 4) is 5.75 Å². The fourth-order valence-electron chi connectivity index (χ4n) is 3.16. The minimum absolute atomic E-state index is 0.136. The van der Waals surface area contributed by atoms with E-state index in [9.17, 15) is 20.4 Å². The van der Waals surface area contributed by atoms with E-state index in [0.29, 0.717) is 33.6 Å². The van der Waals surface area contributed by atoms with Crippen molar-refractivity contribution in [2.45, 2.75) is 31.1 Å². The number of hydrogen-bond acceptors (Lipinski definition) is 9. The third-order valence-corrected chi connectivity index (χ3v) is 5.31. The highest BCUT2D eigenvalue weighted by Crippen LogP contribution is 2.32. The van der Waals surface area contributed by atoms with Crippen LogP contribution in [-0.4, -0.2) is 64.9 Å². The number of fused-ring (bicyclic) bond motifs is 1. The first-order valence-electron chi connectivity index (χ1n) is 8.51. The molecule has 10 nitrogen and oxygen atoms in total. The Bertz CT molecular complexity index is 999. The van der Waals surface area contributed by atoms with Crippen molar-refractivity contribution in [1.82, 2.24) is 19.5 Å². The predicted molar refractivity (Wildman–Crippen MR) is 101 cm³/mol. The van der Waals surface area contributed by atoms with Gasteiger partial charge in [-0.05, 0) is 22.0 Å². The van der Waals surface area contributed by atoms with Gasteiger partial charge in [0.25, 0.3) is 0 Å². The molecule has 0 radical (unpaired) electrons. The molecule has 1 aromatic carbocycles. The Hall–Kier alpha value is -2.31. The number of halogens is 1. The van der Waals surface area contributed by atoms with E-state index in [1.54, 1.807) is 12.1 Å². The molecule has 148 valence electrons. The molecule has 1 fully saturated rings. The second kappa shape index (κ2) is 7.60. The molecule has 3 heterocycles. The Morgan fingerprint density at radius 3 is 2.75 bits per heavy atom. The van der Waals surface area contributed by atoms with Crippen molar-refractivity contribution in [2.75, 3.05) is 11.9 Å². The normalized spacial score (nSPS) is 24.7. The van der Waals surface area contributed by atoms with Gasteiger partial charge in [0.15, 0.2) is 23.2 Å². The minimum atomic E-state index is -1.24. The molecule has 4 atom stereocenters. The van der Waals surface area contributed by atoms with Gasteiger partial charge in [0.1, 0.15) is 30.4 Å². The number of phenolic OH excluding ortho intramolecular Hbond substituents is 1. The monoisotopic (exact) mass is 451 g/mol. The number of aromatic nitrogens is 4. The Labute approximate surface area is 167 Å². The van der Waals surface area contributed by atoms with Crippen LogP contribution in [0.3, 0.4) is 0 Å². The lowest BCUT2D eigenvalue weighted by molar-refractivity contribution is -0.0511. The standard InChI is InChI=1S/C17H18BrN5O5/c18-9-3-1-2-8(12(9)25)4-19-15-11-16(21-6-20-15)23(7-22-11)17-14(27)13(26)10(5-24)28-17/h1-3,6-7,10,13-14,17,24-27H,4-5H2,(H,19,20,21)/t10-,13-,14-,17?/m1/s1. The smallest absolute Gasteiger partial charge is 0.167 e. The van der Waals surface area contributed by atoms with Crippen LogP contribution in [0.25, 0.3) is 11.2 Å². The first-order valence-corrected chi connectivity index (χ1v) is 9.30. The zero-order valence-electron chi connectivity index (χ0n) is 14.5. The van der Waals surface area contributed by atoms with Crippen LogP contribution in [0, 0.1) is 0 Å². The van der Waals surface area contributed by atoms with E-state index >= 15 is 0 Å². The van der Waals surface area contributed by atoms with Crippen molar-refractivity contribution in [2.24, 2.45) is 0 Å². The van der Waals surface area contributed by atoms with Gasteiger partial charge < -0.3 is 30.5 Å². The number of rotatable bonds is 5. The van der Waals surface area contributed by atoms with Gasteiger partial charge in [-0.2, -0.15) is 0 Å². The Balaban J connectivity index is 1.61. The van der Waals surface area contributed by atoms with Gasteiger partial charge in [-0.25, -0.2) is 15.0 Å². The number of aliphatic hydroxyl groups is 3. The maximum absolute atomic E-state index is 10.2. The number of aromatic hydroxyl groups is 1. The summed E-state index contributed by atoms with van der Waals surface area (Å²) < 4.78 is 7.62. The van der Waals surface area contributed by atoms with Gasteiger partial charge in [0.2, 0.25) is 0 Å². The maximum atomic E-state index is 10.2. The molecule has 1 aliphatic rings. The van der Waals surface area contributed by atoms with Gasteiger partial charge in [-0.15, -0.1) is 0 Å². The molecule has 0 saturated carbocycles. The molecule has 4 rings (SSSR count). The number of nitrogens with zero attached hydrogens (tertiary/aromatic N) is 4. The number of imidazole rings is 1. The quantitative estimate of drug-likeness (QED) is 0.374. The highest BCUT2D eigenvalue weighted by atomic mass is 79.9. The molecule has 1 saturated heterocycles. The molecule has 2 aromatic heterocycles. The molecule has 5 N–H and O–H groups in total. The van der Waals surface area contributed by atoms with Crippen molar-refractivity contribution >= 4 is 32.9 Å². The van der Waals surface area contributed by atoms with Gasteiger partial charge in [0.05, 0.1) is 17.4 Å². The summed E-state index contributed by atoms with van der Waals surface area (Å²) in [6, 6.07) is 5.33. The topological polar surface area (TPSA) is 146 Å². The third-order valence-electron chi connectivity index (χ3n) is 4.67. The van der Waals surface area contributed by atoms with E-state index in [-0.39, 0.29) is 5.75 Å². The SMILES string of the molecule is OC[C@H]1OC(n2cnc3c(NCc4cccc(Br)c4O)ncnc32)[C@H](O)[C@@H]1O. The predicted octanol–water partition coefficient (Wildman–Crippen LogP) is 0.518. The lowest BCUT2D eigenvalue weighted by atomic mass is 10.1. The molecule has 11 heteroatoms. The molecule has 0 spiro atoms. The lowest BCUT2D eigenvalue weighted by Crippen LogP contribution is -2.33. The fraction of sp³-hybridized carbons (Fsp3) is 0.353. The molecular weight excluding hydrogens is 434 g/mol. The lowest BCUT2D eigenvalue weighted by Gasteiger charge is -2.16. The molecule has 3 aromatic rings. The number of hydrogen-bond donors (Lipinski definition) is 5. The Kier molecular flexibility index (Phi) is 5.17. The number of benzene rings is 1. The molecule has 1 aliphatic heterocycles. The molecule has 1 unspecified atom stereocenters. The number of anilines is 1. The van der Waals surface area contributed by atoms with Crippen LogP contribution >= 0.6 is 15.9 Å². The molecular formula is C17H18BrN5O5. The van der Waals surface area contributed by atoms with E-state index in [1.807, 2.05) is 6.07 Å². The van der Waals surface area contributed by atoms with Crippen LogP contribution < -0.4 is 5.32 Å². The summed E-state index contributed by atoms with van der Waals surface area (Å²) in [5.41, 5.74) is 1.50. The number of para-hydroxylation sites is 1. The molecule has 0 aliphatic carbocycles. The second-order valence-corrected chi connectivity index (χ2v) is 7.23. The van der Waals surface area contributed by atoms with Crippen molar-refractivity contribution in [3.63, 3.8) is 0 Å². The molecule has 28 heavy (non-hydrogen) atoms. The largest absolute Gasteiger partial charge is 0.506 e. The number of ether oxygens (including phenoxy) is 1. The van der Waals surface area contributed by atoms with Crippen LogP contribution in [0.2, 0.25) is 0 Å². The van der Waals surface area contributed by atoms with E-state index in [1.165, 1.54) is 17.2 Å². The summed E-state index contributed by atoms with van der Waals surface area (Å²) in [5, 5.41) is 42.7. The number of phenols is 1. The second-order valence-electron chi connectivity index (χ2n) is 6.38. The highest BCUT2D eigenvalue weighted by molar-refractivity contribution is 9.10. The van der Waals surface area contributed by atoms with E-state index < -0.39 is 31.1 Å². The van der Waals surface area contributed by atoms with Crippen molar-refractivity contribution in [3.05, 3.63) is 40.9 Å². The van der Waals surface area contributed by atoms with Crippen molar-refractivity contribution < 1.29 is 25.2 Å². The Morgan fingerprint density at radius 2 is 2.00 bits per heavy atom. The summed E-state index contributed by atoms with van der Waals surface area (Å²) >= 11 is 3.28. The van der Waals surface area contributed by atoms with E-state index in [4.69, 9.17) is 4.74 Å². The first kappa shape index (κ1) is 19.0. The van der Waals surface area contributed by atoms with Crippen LogP contribution in [-0.2, 0) is 11.3 Å². The summed E-state index contributed by atoms with van der Waals surface area (Å²) in [7, 11) is 0. The zero-order valence-corrected chi connectivity index (χ0v) is 16.1. The summed E-state index contributed by atoms with van der Waals surface area (Å²) in [5.74, 6) is 0.576. The van der Waals surface area contributed by atoms with Crippen molar-refractivity contribution in [1.29, 1.82) is 0 Å². The minimum Gasteiger partial charge on any atom is -0.506 e. The van der Waals surface area contributed by atoms with E-state index in [0.717, 1.165) is 0 Å². The van der Waals surface area contributed by atoms with Crippen LogP contribution in [0.5, 0.6) is 5.75 Å². The summed E-state index contributed by atoms with van der Waals surface area (Å²) in [6.45, 7) is -0.114. The van der Waals surface area contributed by atoms with Gasteiger partial charge >= 0.3 is 0 Å². The van der Waals surface area contributed by atoms with Gasteiger partial charge in [0, 0.05) is 12.1 Å².